The molecule has 0 fully saturated rings. The fourth-order valence-corrected chi connectivity index (χ4v) is 4.42. The zero-order valence-electron chi connectivity index (χ0n) is 19.0. The van der Waals surface area contributed by atoms with Crippen molar-refractivity contribution in [1.29, 1.82) is 0 Å². The number of esters is 2. The fraction of sp³-hybridized carbons (Fsp3) is 0.435. The van der Waals surface area contributed by atoms with Crippen LogP contribution in [0.25, 0.3) is 0 Å². The first kappa shape index (κ1) is 25.9. The number of rotatable bonds is 9. The van der Waals surface area contributed by atoms with Crippen LogP contribution in [0.3, 0.4) is 0 Å². The van der Waals surface area contributed by atoms with Gasteiger partial charge in [-0.2, -0.15) is 0 Å². The number of ether oxygens (including phenoxy) is 3. The number of hydrogen-bond acceptors (Lipinski definition) is 7. The minimum Gasteiger partial charge on any atom is -0.483 e. The van der Waals surface area contributed by atoms with E-state index in [-0.39, 0.29) is 34.8 Å². The molecule has 0 bridgehead atoms. The van der Waals surface area contributed by atoms with Crippen LogP contribution in [0.15, 0.2) is 22.7 Å². The van der Waals surface area contributed by atoms with Crippen molar-refractivity contribution in [1.82, 2.24) is 0 Å². The summed E-state index contributed by atoms with van der Waals surface area (Å²) in [7, 11) is 0. The van der Waals surface area contributed by atoms with E-state index in [0.717, 1.165) is 21.4 Å². The van der Waals surface area contributed by atoms with Gasteiger partial charge in [-0.1, -0.05) is 19.9 Å². The molecular weight excluding hydrogens is 498 g/mol. The quantitative estimate of drug-likeness (QED) is 0.422. The Morgan fingerprint density at radius 1 is 1.12 bits per heavy atom. The maximum atomic E-state index is 12.6. The summed E-state index contributed by atoms with van der Waals surface area (Å²) >= 11 is 4.44. The summed E-state index contributed by atoms with van der Waals surface area (Å²) in [4.78, 5) is 37.7. The lowest BCUT2D eigenvalue weighted by Crippen LogP contribution is -2.21. The largest absolute Gasteiger partial charge is 0.483 e. The van der Waals surface area contributed by atoms with Gasteiger partial charge >= 0.3 is 11.9 Å². The zero-order valence-corrected chi connectivity index (χ0v) is 21.4. The lowest BCUT2D eigenvalue weighted by molar-refractivity contribution is -0.118. The van der Waals surface area contributed by atoms with Crippen LogP contribution in [0, 0.1) is 6.92 Å². The zero-order chi connectivity index (χ0) is 24.0. The molecule has 32 heavy (non-hydrogen) atoms. The monoisotopic (exact) mass is 525 g/mol. The molecule has 0 aliphatic rings. The lowest BCUT2D eigenvalue weighted by Gasteiger charge is -2.12. The van der Waals surface area contributed by atoms with Crippen molar-refractivity contribution in [3.05, 3.63) is 44.2 Å². The molecule has 1 aromatic carbocycles. The number of amides is 1. The Balaban J connectivity index is 2.20. The smallest absolute Gasteiger partial charge is 0.348 e. The van der Waals surface area contributed by atoms with E-state index < -0.39 is 17.8 Å². The van der Waals surface area contributed by atoms with Crippen molar-refractivity contribution >= 4 is 50.1 Å². The van der Waals surface area contributed by atoms with Gasteiger partial charge in [0.05, 0.1) is 22.7 Å². The summed E-state index contributed by atoms with van der Waals surface area (Å²) in [6, 6.07) is 5.69. The van der Waals surface area contributed by atoms with Gasteiger partial charge in [-0.05, 0) is 72.8 Å². The van der Waals surface area contributed by atoms with Gasteiger partial charge in [-0.15, -0.1) is 11.3 Å². The van der Waals surface area contributed by atoms with Gasteiger partial charge < -0.3 is 19.5 Å². The molecule has 0 aliphatic carbocycles. The lowest BCUT2D eigenvalue weighted by atomic mass is 10.0. The Hall–Kier alpha value is -2.39. The van der Waals surface area contributed by atoms with Crippen molar-refractivity contribution in [3.63, 3.8) is 0 Å². The molecule has 0 saturated carbocycles. The topological polar surface area (TPSA) is 90.9 Å². The molecule has 0 unspecified atom stereocenters. The highest BCUT2D eigenvalue weighted by molar-refractivity contribution is 9.10. The third kappa shape index (κ3) is 6.56. The van der Waals surface area contributed by atoms with Gasteiger partial charge in [0, 0.05) is 0 Å². The van der Waals surface area contributed by atoms with Gasteiger partial charge in [-0.3, -0.25) is 4.79 Å². The molecule has 1 heterocycles. The summed E-state index contributed by atoms with van der Waals surface area (Å²) in [5.74, 6) is -0.755. The SMILES string of the molecule is CCOC(=O)c1c(NC(=O)COc2ccc(C(C)C)cc2Br)sc(C(=O)OC(C)C)c1C. The normalized spacial score (nSPS) is 10.9. The second kappa shape index (κ2) is 11.5. The average molecular weight is 526 g/mol. The van der Waals surface area contributed by atoms with E-state index in [1.165, 1.54) is 0 Å². The number of thiophene rings is 1. The molecule has 0 spiro atoms. The number of benzene rings is 1. The Bertz CT molecular complexity index is 999. The maximum absolute atomic E-state index is 12.6. The van der Waals surface area contributed by atoms with Crippen molar-refractivity contribution in [3.8, 4) is 5.75 Å². The van der Waals surface area contributed by atoms with E-state index >= 15 is 0 Å². The molecule has 0 saturated heterocycles. The van der Waals surface area contributed by atoms with E-state index in [2.05, 4.69) is 35.1 Å². The second-order valence-electron chi connectivity index (χ2n) is 7.62. The number of carbonyl (C=O) groups excluding carboxylic acids is 3. The molecule has 1 amide bonds. The maximum Gasteiger partial charge on any atom is 0.348 e. The molecule has 1 aromatic heterocycles. The van der Waals surface area contributed by atoms with Crippen LogP contribution in [-0.2, 0) is 14.3 Å². The van der Waals surface area contributed by atoms with Gasteiger partial charge in [0.15, 0.2) is 6.61 Å². The van der Waals surface area contributed by atoms with Gasteiger partial charge in [0.25, 0.3) is 5.91 Å². The van der Waals surface area contributed by atoms with E-state index in [1.54, 1.807) is 33.8 Å². The van der Waals surface area contributed by atoms with Crippen LogP contribution >= 0.6 is 27.3 Å². The van der Waals surface area contributed by atoms with Gasteiger partial charge in [-0.25, -0.2) is 9.59 Å². The molecular formula is C23H28BrNO6S. The van der Waals surface area contributed by atoms with Crippen molar-refractivity contribution in [2.45, 2.75) is 53.6 Å². The third-order valence-corrected chi connectivity index (χ3v) is 6.20. The minimum absolute atomic E-state index is 0.142. The first-order valence-electron chi connectivity index (χ1n) is 10.3. The molecule has 0 aliphatic heterocycles. The molecule has 174 valence electrons. The Morgan fingerprint density at radius 2 is 1.81 bits per heavy atom. The molecule has 2 aromatic rings. The number of halogens is 1. The number of anilines is 1. The number of hydrogen-bond donors (Lipinski definition) is 1. The summed E-state index contributed by atoms with van der Waals surface area (Å²) in [5.41, 5.74) is 1.69. The van der Waals surface area contributed by atoms with E-state index in [0.29, 0.717) is 17.2 Å². The van der Waals surface area contributed by atoms with Crippen LogP contribution in [0.4, 0.5) is 5.00 Å². The average Bonchev–Trinajstić information content (AvgIpc) is 3.02. The predicted molar refractivity (Wildman–Crippen MR) is 128 cm³/mol. The first-order chi connectivity index (χ1) is 15.0. The van der Waals surface area contributed by atoms with E-state index in [1.807, 2.05) is 12.1 Å². The standard InChI is InChI=1S/C23H28BrNO6S/c1-7-29-22(27)19-14(6)20(23(28)31-13(4)5)32-21(19)25-18(26)11-30-17-9-8-15(12(2)3)10-16(17)24/h8-10,12-13H,7,11H2,1-6H3,(H,25,26). The second-order valence-corrected chi connectivity index (χ2v) is 9.49. The molecule has 9 heteroatoms. The highest BCUT2D eigenvalue weighted by atomic mass is 79.9. The van der Waals surface area contributed by atoms with Crippen LogP contribution in [0.1, 0.15) is 71.7 Å². The fourth-order valence-electron chi connectivity index (χ4n) is 2.81. The van der Waals surface area contributed by atoms with E-state index in [4.69, 9.17) is 14.2 Å². The highest BCUT2D eigenvalue weighted by Gasteiger charge is 2.28. The van der Waals surface area contributed by atoms with Gasteiger partial charge in [0.1, 0.15) is 15.6 Å². The molecule has 0 atom stereocenters. The molecule has 2 rings (SSSR count). The van der Waals surface area contributed by atoms with Gasteiger partial charge in [0.2, 0.25) is 0 Å². The number of nitrogens with one attached hydrogen (secondary N) is 1. The van der Waals surface area contributed by atoms with Crippen LogP contribution < -0.4 is 10.1 Å². The van der Waals surface area contributed by atoms with Crippen molar-refractivity contribution in [2.75, 3.05) is 18.5 Å². The summed E-state index contributed by atoms with van der Waals surface area (Å²) in [6.07, 6.45) is -0.318. The van der Waals surface area contributed by atoms with Crippen LogP contribution in [-0.4, -0.2) is 37.2 Å². The Kier molecular flexibility index (Phi) is 9.27. The minimum atomic E-state index is -0.618. The molecule has 7 nitrogen and oxygen atoms in total. The Labute approximate surface area is 200 Å². The van der Waals surface area contributed by atoms with E-state index in [9.17, 15) is 14.4 Å². The van der Waals surface area contributed by atoms with Crippen LogP contribution in [0.5, 0.6) is 5.75 Å². The Morgan fingerprint density at radius 3 is 2.38 bits per heavy atom. The molecule has 1 N–H and O–H groups in total. The summed E-state index contributed by atoms with van der Waals surface area (Å²) in [5, 5.41) is 2.89. The van der Waals surface area contributed by atoms with Crippen LogP contribution in [0.2, 0.25) is 0 Å². The third-order valence-electron chi connectivity index (χ3n) is 4.39. The van der Waals surface area contributed by atoms with Crippen molar-refractivity contribution < 1.29 is 28.6 Å². The number of carbonyl (C=O) groups is 3. The van der Waals surface area contributed by atoms with Crippen molar-refractivity contribution in [2.24, 2.45) is 0 Å². The predicted octanol–water partition coefficient (Wildman–Crippen LogP) is 5.70. The first-order valence-corrected chi connectivity index (χ1v) is 11.9. The summed E-state index contributed by atoms with van der Waals surface area (Å²) < 4.78 is 16.7. The summed E-state index contributed by atoms with van der Waals surface area (Å²) in [6.45, 7) is 10.8. The highest BCUT2D eigenvalue weighted by Crippen LogP contribution is 2.35. The molecule has 0 radical (unpaired) electrons.